The zero-order chi connectivity index (χ0) is 18.1. The third-order valence-electron chi connectivity index (χ3n) is 4.09. The molecule has 4 aromatic rings. The molecule has 2 aromatic carbocycles. The van der Waals surface area contributed by atoms with E-state index in [1.54, 1.807) is 9.36 Å². The smallest absolute Gasteiger partial charge is 0.267 e. The first-order valence-electron chi connectivity index (χ1n) is 8.06. The van der Waals surface area contributed by atoms with Gasteiger partial charge in [-0.3, -0.25) is 9.00 Å². The van der Waals surface area contributed by atoms with Crippen LogP contribution in [0.25, 0.3) is 16.7 Å². The summed E-state index contributed by atoms with van der Waals surface area (Å²) in [5.41, 5.74) is 2.09. The van der Waals surface area contributed by atoms with Gasteiger partial charge in [0.25, 0.3) is 5.56 Å². The van der Waals surface area contributed by atoms with Gasteiger partial charge in [-0.1, -0.05) is 48.5 Å². The Morgan fingerprint density at radius 1 is 1.00 bits per heavy atom. The van der Waals surface area contributed by atoms with Crippen LogP contribution in [-0.2, 0) is 17.3 Å². The van der Waals surface area contributed by atoms with Gasteiger partial charge < -0.3 is 0 Å². The molecular formula is C19H16N4O2S. The Kier molecular flexibility index (Phi) is 4.22. The fourth-order valence-corrected chi connectivity index (χ4v) is 3.30. The number of hydrogen-bond acceptors (Lipinski definition) is 4. The standard InChI is InChI=1S/C19H16N4O2S/c1-26(25)19-20-12-16-17(21-19)23(15-10-6-3-7-11-15)22(18(16)24)13-14-8-4-2-5-9-14/h2-12H,13H2,1H3. The van der Waals surface area contributed by atoms with Crippen molar-refractivity contribution in [2.75, 3.05) is 6.26 Å². The van der Waals surface area contributed by atoms with Crippen LogP contribution in [0.2, 0.25) is 0 Å². The molecule has 4 rings (SSSR count). The molecule has 0 radical (unpaired) electrons. The number of para-hydroxylation sites is 1. The second-order valence-electron chi connectivity index (χ2n) is 5.84. The van der Waals surface area contributed by atoms with Gasteiger partial charge in [0, 0.05) is 12.5 Å². The molecule has 0 aliphatic carbocycles. The Labute approximate surface area is 152 Å². The topological polar surface area (TPSA) is 69.8 Å². The maximum atomic E-state index is 13.0. The van der Waals surface area contributed by atoms with E-state index in [2.05, 4.69) is 9.97 Å². The lowest BCUT2D eigenvalue weighted by Crippen LogP contribution is -2.22. The Balaban J connectivity index is 2.02. The lowest BCUT2D eigenvalue weighted by atomic mass is 10.2. The summed E-state index contributed by atoms with van der Waals surface area (Å²) >= 11 is 0. The Hall–Kier alpha value is -3.06. The highest BCUT2D eigenvalue weighted by molar-refractivity contribution is 7.84. The lowest BCUT2D eigenvalue weighted by molar-refractivity contribution is 0.594. The minimum atomic E-state index is -1.33. The number of fused-ring (bicyclic) bond motifs is 1. The highest BCUT2D eigenvalue weighted by Crippen LogP contribution is 2.17. The molecular weight excluding hydrogens is 348 g/mol. The normalized spacial score (nSPS) is 12.3. The van der Waals surface area contributed by atoms with Crippen LogP contribution in [0.15, 0.2) is 76.8 Å². The van der Waals surface area contributed by atoms with E-state index in [9.17, 15) is 9.00 Å². The summed E-state index contributed by atoms with van der Waals surface area (Å²) in [5.74, 6) is 0. The third kappa shape index (κ3) is 2.86. The van der Waals surface area contributed by atoms with Crippen LogP contribution in [0.3, 0.4) is 0 Å². The molecule has 2 heterocycles. The van der Waals surface area contributed by atoms with E-state index in [-0.39, 0.29) is 10.7 Å². The fraction of sp³-hybridized carbons (Fsp3) is 0.105. The van der Waals surface area contributed by atoms with Gasteiger partial charge in [-0.2, -0.15) is 0 Å². The van der Waals surface area contributed by atoms with Crippen LogP contribution < -0.4 is 5.56 Å². The number of hydrogen-bond donors (Lipinski definition) is 0. The maximum Gasteiger partial charge on any atom is 0.278 e. The first-order chi connectivity index (χ1) is 12.6. The van der Waals surface area contributed by atoms with Crippen molar-refractivity contribution in [3.8, 4) is 5.69 Å². The Morgan fingerprint density at radius 3 is 2.31 bits per heavy atom. The van der Waals surface area contributed by atoms with Crippen molar-refractivity contribution in [2.45, 2.75) is 11.7 Å². The van der Waals surface area contributed by atoms with Gasteiger partial charge in [0.05, 0.1) is 23.0 Å². The van der Waals surface area contributed by atoms with Crippen molar-refractivity contribution in [1.29, 1.82) is 0 Å². The van der Waals surface area contributed by atoms with Crippen molar-refractivity contribution in [3.05, 3.63) is 82.8 Å². The molecule has 0 N–H and O–H groups in total. The molecule has 0 fully saturated rings. The Bertz CT molecular complexity index is 1150. The summed E-state index contributed by atoms with van der Waals surface area (Å²) < 4.78 is 15.2. The van der Waals surface area contributed by atoms with E-state index >= 15 is 0 Å². The van der Waals surface area contributed by atoms with Crippen molar-refractivity contribution in [1.82, 2.24) is 19.3 Å². The molecule has 0 saturated carbocycles. The van der Waals surface area contributed by atoms with Gasteiger partial charge in [0.2, 0.25) is 5.16 Å². The predicted octanol–water partition coefficient (Wildman–Crippen LogP) is 2.37. The van der Waals surface area contributed by atoms with E-state index in [0.717, 1.165) is 11.3 Å². The summed E-state index contributed by atoms with van der Waals surface area (Å²) in [5, 5.41) is 0.609. The van der Waals surface area contributed by atoms with Crippen LogP contribution in [0.5, 0.6) is 0 Å². The fourth-order valence-electron chi connectivity index (χ4n) is 2.88. The van der Waals surface area contributed by atoms with Gasteiger partial charge in [-0.05, 0) is 17.7 Å². The molecule has 0 aliphatic rings. The average molecular weight is 364 g/mol. The molecule has 130 valence electrons. The number of nitrogens with zero attached hydrogens (tertiary/aromatic N) is 4. The highest BCUT2D eigenvalue weighted by Gasteiger charge is 2.18. The molecule has 7 heteroatoms. The molecule has 0 aliphatic heterocycles. The van der Waals surface area contributed by atoms with Crippen molar-refractivity contribution in [3.63, 3.8) is 0 Å². The van der Waals surface area contributed by atoms with E-state index in [1.807, 2.05) is 60.7 Å². The minimum absolute atomic E-state index is 0.179. The molecule has 1 unspecified atom stereocenters. The summed E-state index contributed by atoms with van der Waals surface area (Å²) in [6, 6.07) is 19.3. The van der Waals surface area contributed by atoms with Gasteiger partial charge >= 0.3 is 0 Å². The predicted molar refractivity (Wildman–Crippen MR) is 101 cm³/mol. The van der Waals surface area contributed by atoms with Gasteiger partial charge in [0.1, 0.15) is 5.39 Å². The highest BCUT2D eigenvalue weighted by atomic mass is 32.2. The molecule has 0 spiro atoms. The summed E-state index contributed by atoms with van der Waals surface area (Å²) in [7, 11) is -1.33. The molecule has 1 atom stereocenters. The zero-order valence-corrected chi connectivity index (χ0v) is 14.9. The van der Waals surface area contributed by atoms with E-state index < -0.39 is 10.8 Å². The molecule has 26 heavy (non-hydrogen) atoms. The molecule has 6 nitrogen and oxygen atoms in total. The van der Waals surface area contributed by atoms with Crippen LogP contribution >= 0.6 is 0 Å². The minimum Gasteiger partial charge on any atom is -0.267 e. The molecule has 0 amide bonds. The first-order valence-corrected chi connectivity index (χ1v) is 9.62. The zero-order valence-electron chi connectivity index (χ0n) is 14.1. The quantitative estimate of drug-likeness (QED) is 0.521. The average Bonchev–Trinajstić information content (AvgIpc) is 2.95. The summed E-state index contributed by atoms with van der Waals surface area (Å²) in [6.07, 6.45) is 2.98. The molecule has 0 saturated heterocycles. The second-order valence-corrected chi connectivity index (χ2v) is 7.11. The SMILES string of the molecule is CS(=O)c1ncc2c(=O)n(Cc3ccccc3)n(-c3ccccc3)c2n1. The van der Waals surface area contributed by atoms with Crippen LogP contribution in [-0.4, -0.2) is 29.8 Å². The molecule has 2 aromatic heterocycles. The van der Waals surface area contributed by atoms with Crippen molar-refractivity contribution < 1.29 is 4.21 Å². The molecule has 0 bridgehead atoms. The first kappa shape index (κ1) is 16.4. The second kappa shape index (κ2) is 6.68. The van der Waals surface area contributed by atoms with E-state index in [0.29, 0.717) is 17.6 Å². The van der Waals surface area contributed by atoms with E-state index in [4.69, 9.17) is 0 Å². The number of rotatable bonds is 4. The number of aromatic nitrogens is 4. The van der Waals surface area contributed by atoms with Crippen LogP contribution in [0.1, 0.15) is 5.56 Å². The lowest BCUT2D eigenvalue weighted by Gasteiger charge is -2.12. The van der Waals surface area contributed by atoms with Gasteiger partial charge in [0.15, 0.2) is 5.65 Å². The summed E-state index contributed by atoms with van der Waals surface area (Å²) in [6.45, 7) is 0.398. The summed E-state index contributed by atoms with van der Waals surface area (Å²) in [4.78, 5) is 21.5. The van der Waals surface area contributed by atoms with E-state index in [1.165, 1.54) is 12.5 Å². The monoisotopic (exact) mass is 364 g/mol. The van der Waals surface area contributed by atoms with Gasteiger partial charge in [-0.25, -0.2) is 19.3 Å². The maximum absolute atomic E-state index is 13.0. The largest absolute Gasteiger partial charge is 0.278 e. The van der Waals surface area contributed by atoms with Crippen molar-refractivity contribution >= 4 is 21.8 Å². The van der Waals surface area contributed by atoms with Crippen LogP contribution in [0.4, 0.5) is 0 Å². The van der Waals surface area contributed by atoms with Crippen molar-refractivity contribution in [2.24, 2.45) is 0 Å². The Morgan fingerprint density at radius 2 is 1.65 bits per heavy atom. The van der Waals surface area contributed by atoms with Gasteiger partial charge in [-0.15, -0.1) is 0 Å². The number of benzene rings is 2. The third-order valence-corrected chi connectivity index (χ3v) is 4.80. The van der Waals surface area contributed by atoms with Crippen LogP contribution in [0, 0.1) is 0 Å².